The largest absolute Gasteiger partial charge is 0.311 e. The number of carbonyl (C=O) groups is 2. The topological polar surface area (TPSA) is 64.0 Å². The van der Waals surface area contributed by atoms with Crippen LogP contribution < -0.4 is 5.32 Å². The second-order valence-corrected chi connectivity index (χ2v) is 6.15. The van der Waals surface area contributed by atoms with Crippen LogP contribution in [0, 0.1) is 6.92 Å². The van der Waals surface area contributed by atoms with Gasteiger partial charge in [-0.1, -0.05) is 60.7 Å². The molecule has 1 N–H and O–H groups in total. The number of aromatic nitrogens is 2. The second-order valence-electron chi connectivity index (χ2n) is 6.15. The fraction of sp³-hybridized carbons (Fsp3) is 0.190. The molecule has 1 heterocycles. The van der Waals surface area contributed by atoms with Crippen molar-refractivity contribution in [2.45, 2.75) is 26.3 Å². The van der Waals surface area contributed by atoms with Crippen LogP contribution >= 0.6 is 0 Å². The van der Waals surface area contributed by atoms with Crippen molar-refractivity contribution >= 4 is 17.5 Å². The highest BCUT2D eigenvalue weighted by molar-refractivity contribution is 5.99. The third-order valence-corrected chi connectivity index (χ3v) is 4.02. The molecule has 1 aromatic heterocycles. The van der Waals surface area contributed by atoms with Crippen molar-refractivity contribution in [3.63, 3.8) is 0 Å². The first kappa shape index (κ1) is 17.6. The van der Waals surface area contributed by atoms with Gasteiger partial charge in [0, 0.05) is 24.5 Å². The maximum Gasteiger partial charge on any atom is 0.225 e. The minimum absolute atomic E-state index is 0.0327. The molecule has 5 heteroatoms. The molecule has 0 aliphatic rings. The van der Waals surface area contributed by atoms with Crippen LogP contribution in [0.3, 0.4) is 0 Å². The molecule has 0 aliphatic carbocycles. The highest BCUT2D eigenvalue weighted by Gasteiger charge is 2.12. The Kier molecular flexibility index (Phi) is 5.59. The third-order valence-electron chi connectivity index (χ3n) is 4.02. The first-order chi connectivity index (χ1) is 12.6. The number of nitrogens with one attached hydrogen (secondary N) is 1. The van der Waals surface area contributed by atoms with Gasteiger partial charge in [-0.3, -0.25) is 9.59 Å². The molecule has 0 atom stereocenters. The lowest BCUT2D eigenvalue weighted by molar-refractivity contribution is -0.116. The van der Waals surface area contributed by atoms with E-state index in [-0.39, 0.29) is 24.5 Å². The van der Waals surface area contributed by atoms with Gasteiger partial charge in [-0.2, -0.15) is 5.10 Å². The Labute approximate surface area is 152 Å². The number of hydrogen-bond acceptors (Lipinski definition) is 3. The van der Waals surface area contributed by atoms with Crippen molar-refractivity contribution < 1.29 is 9.59 Å². The van der Waals surface area contributed by atoms with E-state index in [9.17, 15) is 9.59 Å². The van der Waals surface area contributed by atoms with E-state index in [0.717, 1.165) is 11.3 Å². The smallest absolute Gasteiger partial charge is 0.225 e. The fourth-order valence-corrected chi connectivity index (χ4v) is 2.72. The number of hydrogen-bond donors (Lipinski definition) is 1. The molecule has 0 unspecified atom stereocenters. The van der Waals surface area contributed by atoms with Crippen molar-refractivity contribution in [1.82, 2.24) is 9.78 Å². The highest BCUT2D eigenvalue weighted by atomic mass is 16.2. The van der Waals surface area contributed by atoms with E-state index in [4.69, 9.17) is 0 Å². The molecule has 1 amide bonds. The number of ketones is 1. The number of nitrogens with zero attached hydrogens (tertiary/aromatic N) is 2. The Bertz CT molecular complexity index is 886. The van der Waals surface area contributed by atoms with E-state index in [2.05, 4.69) is 10.4 Å². The van der Waals surface area contributed by atoms with Crippen molar-refractivity contribution in [3.05, 3.63) is 83.6 Å². The summed E-state index contributed by atoms with van der Waals surface area (Å²) in [6, 6.07) is 20.8. The van der Waals surface area contributed by atoms with Crippen LogP contribution in [0.1, 0.15) is 34.5 Å². The van der Waals surface area contributed by atoms with E-state index in [1.165, 1.54) is 0 Å². The van der Waals surface area contributed by atoms with Crippen molar-refractivity contribution in [2.24, 2.45) is 0 Å². The quantitative estimate of drug-likeness (QED) is 0.661. The average Bonchev–Trinajstić information content (AvgIpc) is 3.00. The first-order valence-corrected chi connectivity index (χ1v) is 8.58. The van der Waals surface area contributed by atoms with Crippen molar-refractivity contribution in [2.75, 3.05) is 5.32 Å². The molecule has 0 saturated heterocycles. The number of aryl methyl sites for hydroxylation is 1. The summed E-state index contributed by atoms with van der Waals surface area (Å²) in [6.45, 7) is 2.46. The molecular formula is C21H21N3O2. The van der Waals surface area contributed by atoms with Crippen LogP contribution in [0.2, 0.25) is 0 Å². The molecule has 26 heavy (non-hydrogen) atoms. The summed E-state index contributed by atoms with van der Waals surface area (Å²) in [5.41, 5.74) is 2.56. The van der Waals surface area contributed by atoms with Crippen LogP contribution in [0.25, 0.3) is 0 Å². The number of rotatable bonds is 7. The monoisotopic (exact) mass is 347 g/mol. The van der Waals surface area contributed by atoms with E-state index in [1.54, 1.807) is 16.8 Å². The van der Waals surface area contributed by atoms with Gasteiger partial charge >= 0.3 is 0 Å². The molecule has 0 fully saturated rings. The van der Waals surface area contributed by atoms with Gasteiger partial charge in [0.2, 0.25) is 5.91 Å². The van der Waals surface area contributed by atoms with Gasteiger partial charge in [0.1, 0.15) is 5.82 Å². The van der Waals surface area contributed by atoms with Gasteiger partial charge in [0.25, 0.3) is 0 Å². The average molecular weight is 347 g/mol. The Morgan fingerprint density at radius 2 is 1.62 bits per heavy atom. The summed E-state index contributed by atoms with van der Waals surface area (Å²) in [4.78, 5) is 24.4. The number of Topliss-reactive ketones (excluding diaryl/α,β-unsaturated/α-hetero) is 1. The predicted octanol–water partition coefficient (Wildman–Crippen LogP) is 3.84. The summed E-state index contributed by atoms with van der Waals surface area (Å²) >= 11 is 0. The summed E-state index contributed by atoms with van der Waals surface area (Å²) in [7, 11) is 0. The van der Waals surface area contributed by atoms with Gasteiger partial charge in [-0.25, -0.2) is 4.68 Å². The molecule has 132 valence electrons. The van der Waals surface area contributed by atoms with E-state index in [1.807, 2.05) is 61.5 Å². The lowest BCUT2D eigenvalue weighted by Gasteiger charge is -2.09. The maximum atomic E-state index is 12.3. The second kappa shape index (κ2) is 8.25. The predicted molar refractivity (Wildman–Crippen MR) is 101 cm³/mol. The third kappa shape index (κ3) is 4.66. The van der Waals surface area contributed by atoms with Gasteiger partial charge in [-0.05, 0) is 12.5 Å². The lowest BCUT2D eigenvalue weighted by Crippen LogP contribution is -2.17. The van der Waals surface area contributed by atoms with Crippen molar-refractivity contribution in [3.8, 4) is 0 Å². The van der Waals surface area contributed by atoms with Gasteiger partial charge < -0.3 is 5.32 Å². The van der Waals surface area contributed by atoms with Gasteiger partial charge in [-0.15, -0.1) is 0 Å². The molecule has 3 aromatic rings. The molecule has 0 saturated carbocycles. The van der Waals surface area contributed by atoms with E-state index in [0.29, 0.717) is 17.9 Å². The molecular weight excluding hydrogens is 326 g/mol. The highest BCUT2D eigenvalue weighted by Crippen LogP contribution is 2.14. The van der Waals surface area contributed by atoms with Crippen LogP contribution in [0.5, 0.6) is 0 Å². The Hall–Kier alpha value is -3.21. The Morgan fingerprint density at radius 1 is 0.962 bits per heavy atom. The first-order valence-electron chi connectivity index (χ1n) is 8.58. The van der Waals surface area contributed by atoms with Crippen molar-refractivity contribution in [1.29, 1.82) is 0 Å². The Morgan fingerprint density at radius 3 is 2.31 bits per heavy atom. The molecule has 0 bridgehead atoms. The van der Waals surface area contributed by atoms with E-state index < -0.39 is 0 Å². The molecule has 3 rings (SSSR count). The molecule has 0 aliphatic heterocycles. The number of carbonyl (C=O) groups excluding carboxylic acids is 2. The summed E-state index contributed by atoms with van der Waals surface area (Å²) in [5, 5.41) is 7.30. The van der Waals surface area contributed by atoms with E-state index >= 15 is 0 Å². The maximum absolute atomic E-state index is 12.3. The number of amides is 1. The van der Waals surface area contributed by atoms with Gasteiger partial charge in [0.05, 0.1) is 12.2 Å². The molecule has 5 nitrogen and oxygen atoms in total. The minimum Gasteiger partial charge on any atom is -0.311 e. The lowest BCUT2D eigenvalue weighted by atomic mass is 10.1. The molecule has 2 aromatic carbocycles. The zero-order chi connectivity index (χ0) is 18.4. The fourth-order valence-electron chi connectivity index (χ4n) is 2.72. The summed E-state index contributed by atoms with van der Waals surface area (Å²) in [6.07, 6.45) is 0.324. The number of benzene rings is 2. The summed E-state index contributed by atoms with van der Waals surface area (Å²) < 4.78 is 1.77. The summed E-state index contributed by atoms with van der Waals surface area (Å²) in [5.74, 6) is 0.418. The van der Waals surface area contributed by atoms with Crippen LogP contribution in [-0.4, -0.2) is 21.5 Å². The SMILES string of the molecule is Cc1cc(NC(=O)CCC(=O)c2ccccc2)n(Cc2ccccc2)n1. The zero-order valence-corrected chi connectivity index (χ0v) is 14.7. The van der Waals surface area contributed by atoms with Gasteiger partial charge in [0.15, 0.2) is 5.78 Å². The molecule has 0 spiro atoms. The minimum atomic E-state index is -0.191. The zero-order valence-electron chi connectivity index (χ0n) is 14.7. The van der Waals surface area contributed by atoms with Crippen LogP contribution in [-0.2, 0) is 11.3 Å². The normalized spacial score (nSPS) is 10.5. The van der Waals surface area contributed by atoms with Crippen LogP contribution in [0.4, 0.5) is 5.82 Å². The molecule has 0 radical (unpaired) electrons. The Balaban J connectivity index is 1.60. The van der Waals surface area contributed by atoms with Crippen LogP contribution in [0.15, 0.2) is 66.7 Å². The standard InChI is InChI=1S/C21H21N3O2/c1-16-14-20(24(23-16)15-17-8-4-2-5-9-17)22-21(26)13-12-19(25)18-10-6-3-7-11-18/h2-11,14H,12-13,15H2,1H3,(H,22,26). The number of anilines is 1.